The molecular formula is C14H16FN3S. The van der Waals surface area contributed by atoms with Gasteiger partial charge in [0, 0.05) is 28.9 Å². The van der Waals surface area contributed by atoms with Crippen molar-refractivity contribution in [3.8, 4) is 0 Å². The number of hydrogen-bond donors (Lipinski definition) is 1. The fourth-order valence-corrected chi connectivity index (χ4v) is 2.59. The Kier molecular flexibility index (Phi) is 4.87. The van der Waals surface area contributed by atoms with Gasteiger partial charge in [-0.3, -0.25) is 4.98 Å². The minimum Gasteiger partial charge on any atom is -0.327 e. The molecule has 0 fully saturated rings. The highest BCUT2D eigenvalue weighted by molar-refractivity contribution is 7.99. The number of aromatic nitrogens is 2. The molecule has 3 nitrogen and oxygen atoms in total. The summed E-state index contributed by atoms with van der Waals surface area (Å²) in [5.74, 6) is -0.210. The number of benzene rings is 1. The number of nitrogens with two attached hydrogens (primary N) is 1. The number of rotatable bonds is 5. The van der Waals surface area contributed by atoms with Crippen LogP contribution in [0.1, 0.15) is 18.9 Å². The Bertz CT molecular complexity index is 533. The van der Waals surface area contributed by atoms with Crippen LogP contribution in [0, 0.1) is 5.82 Å². The molecule has 5 heteroatoms. The first kappa shape index (κ1) is 14.0. The average Bonchev–Trinajstić information content (AvgIpc) is 2.43. The normalized spacial score (nSPS) is 12.4. The van der Waals surface area contributed by atoms with Crippen molar-refractivity contribution in [3.05, 3.63) is 48.2 Å². The van der Waals surface area contributed by atoms with E-state index in [2.05, 4.69) is 9.97 Å². The Hall–Kier alpha value is -1.46. The minimum absolute atomic E-state index is 0.0295. The van der Waals surface area contributed by atoms with Crippen LogP contribution in [-0.2, 0) is 6.42 Å². The molecule has 2 N–H and O–H groups in total. The lowest BCUT2D eigenvalue weighted by molar-refractivity contribution is 0.571. The lowest BCUT2D eigenvalue weighted by atomic mass is 10.0. The number of halogens is 1. The van der Waals surface area contributed by atoms with E-state index in [9.17, 15) is 4.39 Å². The van der Waals surface area contributed by atoms with Crippen LogP contribution >= 0.6 is 11.8 Å². The lowest BCUT2D eigenvalue weighted by Crippen LogP contribution is -2.22. The van der Waals surface area contributed by atoms with Gasteiger partial charge in [-0.25, -0.2) is 9.37 Å². The third kappa shape index (κ3) is 3.75. The summed E-state index contributed by atoms with van der Waals surface area (Å²) >= 11 is 1.41. The van der Waals surface area contributed by atoms with Crippen LogP contribution in [0.5, 0.6) is 0 Å². The monoisotopic (exact) mass is 277 g/mol. The topological polar surface area (TPSA) is 51.8 Å². The molecule has 1 aromatic carbocycles. The van der Waals surface area contributed by atoms with Crippen molar-refractivity contribution in [2.45, 2.75) is 35.7 Å². The van der Waals surface area contributed by atoms with Gasteiger partial charge in [0.15, 0.2) is 0 Å². The lowest BCUT2D eigenvalue weighted by Gasteiger charge is -2.13. The van der Waals surface area contributed by atoms with Crippen LogP contribution in [0.3, 0.4) is 0 Å². The summed E-state index contributed by atoms with van der Waals surface area (Å²) in [7, 11) is 0. The maximum atomic E-state index is 13.9. The van der Waals surface area contributed by atoms with Gasteiger partial charge in [-0.1, -0.05) is 24.8 Å². The molecule has 0 aliphatic heterocycles. The molecule has 1 heterocycles. The predicted molar refractivity (Wildman–Crippen MR) is 74.5 cm³/mol. The van der Waals surface area contributed by atoms with Crippen LogP contribution in [0.25, 0.3) is 0 Å². The van der Waals surface area contributed by atoms with E-state index in [0.717, 1.165) is 16.3 Å². The van der Waals surface area contributed by atoms with Crippen molar-refractivity contribution in [1.29, 1.82) is 0 Å². The van der Waals surface area contributed by atoms with Gasteiger partial charge in [0.25, 0.3) is 0 Å². The Morgan fingerprint density at radius 3 is 2.89 bits per heavy atom. The van der Waals surface area contributed by atoms with Crippen molar-refractivity contribution >= 4 is 11.8 Å². The summed E-state index contributed by atoms with van der Waals surface area (Å²) in [6.07, 6.45) is 6.26. The summed E-state index contributed by atoms with van der Waals surface area (Å²) in [5, 5.41) is 0.749. The molecule has 19 heavy (non-hydrogen) atoms. The van der Waals surface area contributed by atoms with Crippen LogP contribution < -0.4 is 5.73 Å². The molecule has 0 radical (unpaired) electrons. The predicted octanol–water partition coefficient (Wildman–Crippen LogP) is 3.05. The molecule has 1 atom stereocenters. The summed E-state index contributed by atoms with van der Waals surface area (Å²) < 4.78 is 13.9. The molecule has 1 aromatic heterocycles. The number of hydrogen-bond acceptors (Lipinski definition) is 4. The Morgan fingerprint density at radius 2 is 2.21 bits per heavy atom. The molecule has 0 aliphatic carbocycles. The van der Waals surface area contributed by atoms with Gasteiger partial charge in [-0.05, 0) is 25.0 Å². The molecule has 0 bridgehead atoms. The highest BCUT2D eigenvalue weighted by atomic mass is 32.2. The summed E-state index contributed by atoms with van der Waals surface area (Å²) in [6, 6.07) is 5.03. The fraction of sp³-hybridized carbons (Fsp3) is 0.286. The van der Waals surface area contributed by atoms with Gasteiger partial charge in [-0.2, -0.15) is 0 Å². The van der Waals surface area contributed by atoms with Crippen molar-refractivity contribution in [2.75, 3.05) is 0 Å². The van der Waals surface area contributed by atoms with Gasteiger partial charge in [0.1, 0.15) is 10.8 Å². The smallest absolute Gasteiger partial charge is 0.127 e. The first-order valence-electron chi connectivity index (χ1n) is 6.17. The van der Waals surface area contributed by atoms with Gasteiger partial charge in [0.05, 0.1) is 6.20 Å². The largest absolute Gasteiger partial charge is 0.327 e. The Labute approximate surface area is 116 Å². The molecular weight excluding hydrogens is 261 g/mol. The quantitative estimate of drug-likeness (QED) is 0.912. The molecule has 2 aromatic rings. The third-order valence-corrected chi connectivity index (χ3v) is 3.84. The van der Waals surface area contributed by atoms with E-state index in [0.29, 0.717) is 12.0 Å². The first-order valence-corrected chi connectivity index (χ1v) is 6.99. The zero-order chi connectivity index (χ0) is 13.7. The Balaban J connectivity index is 2.27. The maximum Gasteiger partial charge on any atom is 0.127 e. The van der Waals surface area contributed by atoms with Crippen molar-refractivity contribution in [1.82, 2.24) is 9.97 Å². The molecule has 0 saturated carbocycles. The SMILES string of the molecule is CCC(N)Cc1c(F)cccc1Sc1cnccn1. The zero-order valence-corrected chi connectivity index (χ0v) is 11.5. The molecule has 1 unspecified atom stereocenters. The average molecular weight is 277 g/mol. The van der Waals surface area contributed by atoms with Gasteiger partial charge in [-0.15, -0.1) is 0 Å². The van der Waals surface area contributed by atoms with Crippen LogP contribution in [0.4, 0.5) is 4.39 Å². The standard InChI is InChI=1S/C14H16FN3S/c1-2-10(16)8-11-12(15)4-3-5-13(11)19-14-9-17-6-7-18-14/h3-7,9-10H,2,8,16H2,1H3. The summed E-state index contributed by atoms with van der Waals surface area (Å²) in [5.41, 5.74) is 6.59. The summed E-state index contributed by atoms with van der Waals surface area (Å²) in [4.78, 5) is 9.05. The van der Waals surface area contributed by atoms with E-state index >= 15 is 0 Å². The van der Waals surface area contributed by atoms with Crippen molar-refractivity contribution in [2.24, 2.45) is 5.73 Å². The van der Waals surface area contributed by atoms with E-state index in [1.807, 2.05) is 13.0 Å². The molecule has 0 spiro atoms. The van der Waals surface area contributed by atoms with Gasteiger partial charge < -0.3 is 5.73 Å². The molecule has 0 saturated heterocycles. The van der Waals surface area contributed by atoms with E-state index < -0.39 is 0 Å². The van der Waals surface area contributed by atoms with E-state index in [1.165, 1.54) is 17.8 Å². The second-order valence-corrected chi connectivity index (χ2v) is 5.30. The van der Waals surface area contributed by atoms with Crippen molar-refractivity contribution < 1.29 is 4.39 Å². The first-order chi connectivity index (χ1) is 9.20. The molecule has 2 rings (SSSR count). The molecule has 100 valence electrons. The van der Waals surface area contributed by atoms with Crippen LogP contribution in [-0.4, -0.2) is 16.0 Å². The zero-order valence-electron chi connectivity index (χ0n) is 10.7. The van der Waals surface area contributed by atoms with Crippen LogP contribution in [0.15, 0.2) is 46.7 Å². The second kappa shape index (κ2) is 6.63. The molecule has 0 aliphatic rings. The van der Waals surface area contributed by atoms with Crippen LogP contribution in [0.2, 0.25) is 0 Å². The van der Waals surface area contributed by atoms with E-state index in [-0.39, 0.29) is 11.9 Å². The highest BCUT2D eigenvalue weighted by Crippen LogP contribution is 2.30. The second-order valence-electron chi connectivity index (χ2n) is 4.23. The van der Waals surface area contributed by atoms with Gasteiger partial charge in [0.2, 0.25) is 0 Å². The summed E-state index contributed by atoms with van der Waals surface area (Å²) in [6.45, 7) is 2.00. The number of nitrogens with zero attached hydrogens (tertiary/aromatic N) is 2. The Morgan fingerprint density at radius 1 is 1.37 bits per heavy atom. The van der Waals surface area contributed by atoms with Gasteiger partial charge >= 0.3 is 0 Å². The minimum atomic E-state index is -0.210. The maximum absolute atomic E-state index is 13.9. The van der Waals surface area contributed by atoms with Crippen molar-refractivity contribution in [3.63, 3.8) is 0 Å². The van der Waals surface area contributed by atoms with E-state index in [4.69, 9.17) is 5.73 Å². The van der Waals surface area contributed by atoms with E-state index in [1.54, 1.807) is 24.7 Å². The molecule has 0 amide bonds. The fourth-order valence-electron chi connectivity index (χ4n) is 1.69. The third-order valence-electron chi connectivity index (χ3n) is 2.82. The highest BCUT2D eigenvalue weighted by Gasteiger charge is 2.13.